The van der Waals surface area contributed by atoms with Crippen LogP contribution in [0.25, 0.3) is 11.4 Å². The van der Waals surface area contributed by atoms with Crippen molar-refractivity contribution in [2.75, 3.05) is 39.0 Å². The second-order valence-electron chi connectivity index (χ2n) is 8.22. The Hall–Kier alpha value is -3.99. The molecule has 4 rings (SSSR count). The summed E-state index contributed by atoms with van der Waals surface area (Å²) < 4.78 is 30.4. The van der Waals surface area contributed by atoms with Gasteiger partial charge in [0.25, 0.3) is 5.92 Å². The minimum absolute atomic E-state index is 0.101. The quantitative estimate of drug-likeness (QED) is 0.334. The molecular weight excluding hydrogens is 482 g/mol. The number of benzene rings is 2. The summed E-state index contributed by atoms with van der Waals surface area (Å²) >= 11 is 0. The number of hydrogen-bond acceptors (Lipinski definition) is 8. The van der Waals surface area contributed by atoms with Gasteiger partial charge in [0.2, 0.25) is 18.1 Å². The zero-order valence-electron chi connectivity index (χ0n) is 21.1. The highest BCUT2D eigenvalue weighted by Crippen LogP contribution is 2.26. The molecule has 9 nitrogen and oxygen atoms in total. The summed E-state index contributed by atoms with van der Waals surface area (Å²) in [6, 6.07) is 14.7. The molecule has 0 aliphatic carbocycles. The molecule has 3 N–H and O–H groups in total. The minimum atomic E-state index is -2.69. The molecule has 198 valence electrons. The Morgan fingerprint density at radius 3 is 2.46 bits per heavy atom. The fraction of sp³-hybridized carbons (Fsp3) is 0.346. The first-order valence-electron chi connectivity index (χ1n) is 11.6. The monoisotopic (exact) mass is 514 g/mol. The molecule has 1 amide bonds. The van der Waals surface area contributed by atoms with Crippen molar-refractivity contribution in [3.05, 3.63) is 66.1 Å². The van der Waals surface area contributed by atoms with Gasteiger partial charge in [0.1, 0.15) is 6.29 Å². The maximum atomic E-state index is 12.8. The summed E-state index contributed by atoms with van der Waals surface area (Å²) in [5.74, 6) is -2.39. The zero-order chi connectivity index (χ0) is 27.3. The van der Waals surface area contributed by atoms with Crippen LogP contribution in [0, 0.1) is 5.41 Å². The second kappa shape index (κ2) is 14.5. The molecule has 1 saturated heterocycles. The number of carbonyl (C=O) groups is 2. The third-order valence-corrected chi connectivity index (χ3v) is 5.32. The molecule has 0 spiro atoms. The number of amides is 1. The molecule has 0 unspecified atom stereocenters. The van der Waals surface area contributed by atoms with Crippen LogP contribution in [0.2, 0.25) is 0 Å². The summed E-state index contributed by atoms with van der Waals surface area (Å²) in [5.41, 5.74) is 3.86. The number of piperidine rings is 1. The fourth-order valence-corrected chi connectivity index (χ4v) is 3.49. The molecule has 2 heterocycles. The van der Waals surface area contributed by atoms with E-state index in [9.17, 15) is 18.4 Å². The number of halogens is 2. The van der Waals surface area contributed by atoms with Crippen LogP contribution in [0.5, 0.6) is 0 Å². The lowest BCUT2D eigenvalue weighted by molar-refractivity contribution is -0.140. The molecule has 37 heavy (non-hydrogen) atoms. The Bertz CT molecular complexity index is 1140. The number of alkyl halides is 2. The number of likely N-dealkylation sites (N-methyl/N-ethyl adjacent to an activating group) is 1. The number of aromatic nitrogens is 2. The summed E-state index contributed by atoms with van der Waals surface area (Å²) in [7, 11) is 3.45. The summed E-state index contributed by atoms with van der Waals surface area (Å²) in [5, 5.41) is 17.1. The van der Waals surface area contributed by atoms with Crippen molar-refractivity contribution in [2.45, 2.75) is 25.7 Å². The maximum Gasteiger partial charge on any atom is 0.265 e. The number of likely N-dealkylation sites (tertiary alicyclic amines) is 1. The van der Waals surface area contributed by atoms with Gasteiger partial charge < -0.3 is 25.5 Å². The van der Waals surface area contributed by atoms with Gasteiger partial charge in [-0.05, 0) is 26.5 Å². The zero-order valence-corrected chi connectivity index (χ0v) is 21.1. The van der Waals surface area contributed by atoms with E-state index in [1.807, 2.05) is 43.4 Å². The second-order valence-corrected chi connectivity index (χ2v) is 8.22. The van der Waals surface area contributed by atoms with E-state index in [4.69, 9.17) is 9.93 Å². The minimum Gasteiger partial charge on any atom is -0.388 e. The highest BCUT2D eigenvalue weighted by Gasteiger charge is 2.36. The Morgan fingerprint density at radius 2 is 1.95 bits per heavy atom. The number of anilines is 1. The van der Waals surface area contributed by atoms with Crippen LogP contribution in [-0.4, -0.2) is 72.6 Å². The molecule has 1 aliphatic rings. The van der Waals surface area contributed by atoms with Crippen LogP contribution in [0.3, 0.4) is 0 Å². The van der Waals surface area contributed by atoms with Gasteiger partial charge in [-0.1, -0.05) is 47.6 Å². The number of carbonyl (C=O) groups excluding carboxylic acids is 2. The molecule has 2 aromatic carbocycles. The lowest BCUT2D eigenvalue weighted by Gasteiger charge is -2.32. The third-order valence-electron chi connectivity index (χ3n) is 5.32. The summed E-state index contributed by atoms with van der Waals surface area (Å²) in [6.07, 6.45) is 2.42. The van der Waals surface area contributed by atoms with E-state index in [2.05, 4.69) is 20.8 Å². The first kappa shape index (κ1) is 29.2. The maximum absolute atomic E-state index is 12.8. The number of rotatable bonds is 6. The Balaban J connectivity index is 0.000000206. The highest BCUT2D eigenvalue weighted by molar-refractivity contribution is 6.02. The van der Waals surface area contributed by atoms with Crippen molar-refractivity contribution in [3.63, 3.8) is 0 Å². The lowest BCUT2D eigenvalue weighted by atomic mass is 10.1. The fourth-order valence-electron chi connectivity index (χ4n) is 3.49. The summed E-state index contributed by atoms with van der Waals surface area (Å²) in [4.78, 5) is 26.4. The first-order valence-corrected chi connectivity index (χ1v) is 11.6. The van der Waals surface area contributed by atoms with E-state index in [1.54, 1.807) is 26.1 Å². The molecule has 0 radical (unpaired) electrons. The molecule has 3 aromatic rings. The first-order chi connectivity index (χ1) is 17.7. The van der Waals surface area contributed by atoms with Gasteiger partial charge in [-0.2, -0.15) is 4.98 Å². The van der Waals surface area contributed by atoms with Crippen molar-refractivity contribution in [1.29, 1.82) is 5.41 Å². The lowest BCUT2D eigenvalue weighted by Crippen LogP contribution is -2.48. The SMILES string of the molecule is CNCC(=O)N1CCCC(F)(F)C1.CNc1cc(-c2ncon2)ccc1C(C)=N.O=Cc1ccccc1. The van der Waals surface area contributed by atoms with Gasteiger partial charge in [-0.15, -0.1) is 0 Å². The van der Waals surface area contributed by atoms with E-state index >= 15 is 0 Å². The van der Waals surface area contributed by atoms with E-state index in [-0.39, 0.29) is 18.9 Å². The number of nitrogens with zero attached hydrogens (tertiary/aromatic N) is 3. The topological polar surface area (TPSA) is 124 Å². The summed E-state index contributed by atoms with van der Waals surface area (Å²) in [6.45, 7) is 1.92. The molecular formula is C26H32F2N6O3. The van der Waals surface area contributed by atoms with E-state index in [0.717, 1.165) is 28.7 Å². The standard InChI is InChI=1S/C11H12N4O.C8H14F2N2O.C7H6O/c1-7(12)9-4-3-8(5-10(9)13-2)11-14-6-16-15-11;1-11-5-7(13)12-4-2-3-8(9,10)6-12;8-6-7-4-2-1-3-5-7/h3-6,12-13H,1-2H3;11H,2-6H2,1H3;1-6H. The molecule has 11 heteroatoms. The Kier molecular flexibility index (Phi) is 11.5. The molecule has 0 atom stereocenters. The molecule has 1 fully saturated rings. The van der Waals surface area contributed by atoms with Crippen LogP contribution >= 0.6 is 0 Å². The van der Waals surface area contributed by atoms with Crippen molar-refractivity contribution in [1.82, 2.24) is 20.4 Å². The average Bonchev–Trinajstić information content (AvgIpc) is 3.44. The van der Waals surface area contributed by atoms with E-state index in [0.29, 0.717) is 24.5 Å². The normalized spacial score (nSPS) is 13.8. The van der Waals surface area contributed by atoms with Crippen molar-refractivity contribution in [3.8, 4) is 11.4 Å². The van der Waals surface area contributed by atoms with Crippen molar-refractivity contribution in [2.24, 2.45) is 0 Å². The molecule has 1 aliphatic heterocycles. The van der Waals surface area contributed by atoms with E-state index < -0.39 is 12.5 Å². The predicted molar refractivity (Wildman–Crippen MR) is 138 cm³/mol. The van der Waals surface area contributed by atoms with Gasteiger partial charge >= 0.3 is 0 Å². The van der Waals surface area contributed by atoms with Gasteiger partial charge in [0.15, 0.2) is 0 Å². The third kappa shape index (κ3) is 9.53. The number of aldehydes is 1. The van der Waals surface area contributed by atoms with Crippen molar-refractivity contribution < 1.29 is 22.9 Å². The van der Waals surface area contributed by atoms with Crippen molar-refractivity contribution >= 4 is 23.6 Å². The van der Waals surface area contributed by atoms with Crippen LogP contribution in [0.4, 0.5) is 14.5 Å². The van der Waals surface area contributed by atoms with Crippen LogP contribution < -0.4 is 10.6 Å². The predicted octanol–water partition coefficient (Wildman–Crippen LogP) is 4.13. The molecule has 1 aromatic heterocycles. The Morgan fingerprint density at radius 1 is 1.22 bits per heavy atom. The molecule has 0 bridgehead atoms. The number of nitrogens with one attached hydrogen (secondary N) is 3. The van der Waals surface area contributed by atoms with Gasteiger partial charge in [0, 0.05) is 48.1 Å². The number of hydrogen-bond donors (Lipinski definition) is 3. The average molecular weight is 515 g/mol. The van der Waals surface area contributed by atoms with Crippen LogP contribution in [0.15, 0.2) is 59.4 Å². The van der Waals surface area contributed by atoms with E-state index in [1.165, 1.54) is 11.3 Å². The van der Waals surface area contributed by atoms with Crippen LogP contribution in [0.1, 0.15) is 35.7 Å². The Labute approximate surface area is 214 Å². The van der Waals surface area contributed by atoms with Crippen LogP contribution in [-0.2, 0) is 4.79 Å². The largest absolute Gasteiger partial charge is 0.388 e. The smallest absolute Gasteiger partial charge is 0.265 e. The van der Waals surface area contributed by atoms with Gasteiger partial charge in [-0.25, -0.2) is 8.78 Å². The van der Waals surface area contributed by atoms with Gasteiger partial charge in [-0.3, -0.25) is 9.59 Å². The van der Waals surface area contributed by atoms with Gasteiger partial charge in [0.05, 0.1) is 13.1 Å². The molecule has 0 saturated carbocycles. The highest BCUT2D eigenvalue weighted by atomic mass is 19.3.